The van der Waals surface area contributed by atoms with E-state index in [0.29, 0.717) is 0 Å². The molecule has 0 saturated heterocycles. The summed E-state index contributed by atoms with van der Waals surface area (Å²) in [5.41, 5.74) is 2.91. The molecule has 0 radical (unpaired) electrons. The first-order valence-corrected chi connectivity index (χ1v) is 6.91. The number of hydrogen-bond donors (Lipinski definition) is 0. The summed E-state index contributed by atoms with van der Waals surface area (Å²) in [4.78, 5) is 4.64. The third-order valence-electron chi connectivity index (χ3n) is 3.27. The first-order valence-electron chi connectivity index (χ1n) is 6.47. The third-order valence-corrected chi connectivity index (χ3v) is 3.46. The number of rotatable bonds is 3. The molecule has 1 aromatic heterocycles. The highest BCUT2D eigenvalue weighted by Crippen LogP contribution is 2.32. The first-order chi connectivity index (χ1) is 9.72. The second-order valence-corrected chi connectivity index (χ2v) is 5.24. The lowest BCUT2D eigenvalue weighted by Gasteiger charge is -2.14. The Bertz CT molecular complexity index is 749. The van der Waals surface area contributed by atoms with Gasteiger partial charge in [0.1, 0.15) is 11.6 Å². The quantitative estimate of drug-likeness (QED) is 0.670. The number of para-hydroxylation sites is 4. The van der Waals surface area contributed by atoms with E-state index in [1.807, 2.05) is 55.5 Å². The van der Waals surface area contributed by atoms with Gasteiger partial charge in [-0.1, -0.05) is 24.3 Å². The number of aromatic nitrogens is 2. The molecule has 0 spiro atoms. The van der Waals surface area contributed by atoms with Crippen LogP contribution in [0.15, 0.2) is 48.5 Å². The molecule has 0 fully saturated rings. The summed E-state index contributed by atoms with van der Waals surface area (Å²) in [5.74, 6) is 1.62. The Balaban J connectivity index is 2.36. The largest absolute Gasteiger partial charge is 0.495 e. The van der Waals surface area contributed by atoms with Crippen LogP contribution in [0.25, 0.3) is 16.7 Å². The van der Waals surface area contributed by atoms with Crippen molar-refractivity contribution in [3.05, 3.63) is 54.4 Å². The predicted molar refractivity (Wildman–Crippen MR) is 81.9 cm³/mol. The van der Waals surface area contributed by atoms with Crippen molar-refractivity contribution < 1.29 is 4.74 Å². The van der Waals surface area contributed by atoms with Crippen molar-refractivity contribution in [2.75, 3.05) is 7.11 Å². The molecule has 3 aromatic rings. The number of imidazole rings is 1. The second-order valence-electron chi connectivity index (χ2n) is 4.58. The number of halogens is 1. The number of ether oxygens (including phenoxy) is 1. The normalized spacial score (nSPS) is 12.6. The fourth-order valence-corrected chi connectivity index (χ4v) is 2.53. The molecule has 102 valence electrons. The Morgan fingerprint density at radius 2 is 1.80 bits per heavy atom. The lowest BCUT2D eigenvalue weighted by Crippen LogP contribution is -2.03. The van der Waals surface area contributed by atoms with E-state index < -0.39 is 0 Å². The molecule has 0 aliphatic heterocycles. The molecule has 0 aliphatic carbocycles. The predicted octanol–water partition coefficient (Wildman–Crippen LogP) is 4.33. The van der Waals surface area contributed by atoms with Crippen molar-refractivity contribution >= 4 is 22.6 Å². The Morgan fingerprint density at radius 3 is 2.55 bits per heavy atom. The maximum atomic E-state index is 6.30. The van der Waals surface area contributed by atoms with Gasteiger partial charge in [-0.15, -0.1) is 11.6 Å². The van der Waals surface area contributed by atoms with Crippen LogP contribution in [-0.2, 0) is 0 Å². The molecule has 2 aromatic carbocycles. The molecule has 0 aliphatic rings. The van der Waals surface area contributed by atoms with E-state index in [4.69, 9.17) is 16.3 Å². The van der Waals surface area contributed by atoms with Gasteiger partial charge in [0.05, 0.1) is 29.2 Å². The van der Waals surface area contributed by atoms with E-state index >= 15 is 0 Å². The molecule has 1 atom stereocenters. The Labute approximate surface area is 122 Å². The van der Waals surface area contributed by atoms with Crippen molar-refractivity contribution in [3.8, 4) is 11.4 Å². The summed E-state index contributed by atoms with van der Waals surface area (Å²) in [6.07, 6.45) is 0. The third kappa shape index (κ3) is 2.04. The zero-order chi connectivity index (χ0) is 14.1. The van der Waals surface area contributed by atoms with Crippen molar-refractivity contribution in [1.82, 2.24) is 9.55 Å². The highest BCUT2D eigenvalue weighted by molar-refractivity contribution is 6.20. The van der Waals surface area contributed by atoms with Gasteiger partial charge < -0.3 is 4.74 Å². The minimum Gasteiger partial charge on any atom is -0.495 e. The van der Waals surface area contributed by atoms with E-state index in [2.05, 4.69) is 9.55 Å². The highest BCUT2D eigenvalue weighted by Gasteiger charge is 2.18. The fourth-order valence-electron chi connectivity index (χ4n) is 2.38. The van der Waals surface area contributed by atoms with Gasteiger partial charge in [0, 0.05) is 0 Å². The van der Waals surface area contributed by atoms with Crippen molar-refractivity contribution in [1.29, 1.82) is 0 Å². The molecule has 0 saturated carbocycles. The standard InChI is InChI=1S/C16H15ClN2O/c1-11(17)16-18-12-7-3-4-8-13(12)19(16)14-9-5-6-10-15(14)20-2/h3-11H,1-2H3. The topological polar surface area (TPSA) is 27.1 Å². The average Bonchev–Trinajstić information content (AvgIpc) is 2.86. The van der Waals surface area contributed by atoms with Gasteiger partial charge >= 0.3 is 0 Å². The molecule has 4 heteroatoms. The van der Waals surface area contributed by atoms with Gasteiger partial charge in [0.2, 0.25) is 0 Å². The second kappa shape index (κ2) is 5.17. The SMILES string of the molecule is COc1ccccc1-n1c(C(C)Cl)nc2ccccc21. The first kappa shape index (κ1) is 13.0. The smallest absolute Gasteiger partial charge is 0.142 e. The van der Waals surface area contributed by atoms with Crippen LogP contribution < -0.4 is 4.74 Å². The lowest BCUT2D eigenvalue weighted by molar-refractivity contribution is 0.413. The van der Waals surface area contributed by atoms with E-state index in [1.165, 1.54) is 0 Å². The Hall–Kier alpha value is -2.00. The zero-order valence-electron chi connectivity index (χ0n) is 11.4. The Morgan fingerprint density at radius 1 is 1.10 bits per heavy atom. The molecule has 3 rings (SSSR count). The molecule has 0 bridgehead atoms. The van der Waals surface area contributed by atoms with Crippen LogP contribution in [0.2, 0.25) is 0 Å². The molecule has 20 heavy (non-hydrogen) atoms. The summed E-state index contributed by atoms with van der Waals surface area (Å²) in [6.45, 7) is 1.93. The number of benzene rings is 2. The number of fused-ring (bicyclic) bond motifs is 1. The van der Waals surface area contributed by atoms with Crippen LogP contribution in [0.1, 0.15) is 18.1 Å². The minimum atomic E-state index is -0.188. The van der Waals surface area contributed by atoms with Gasteiger partial charge in [-0.05, 0) is 31.2 Å². The summed E-state index contributed by atoms with van der Waals surface area (Å²) in [5, 5.41) is -0.188. The van der Waals surface area contributed by atoms with Gasteiger partial charge in [0.15, 0.2) is 0 Å². The maximum absolute atomic E-state index is 6.30. The maximum Gasteiger partial charge on any atom is 0.142 e. The number of alkyl halides is 1. The number of hydrogen-bond acceptors (Lipinski definition) is 2. The van der Waals surface area contributed by atoms with E-state index in [-0.39, 0.29) is 5.38 Å². The molecular formula is C16H15ClN2O. The summed E-state index contributed by atoms with van der Waals surface area (Å²) in [6, 6.07) is 15.9. The zero-order valence-corrected chi connectivity index (χ0v) is 12.1. The molecule has 1 unspecified atom stereocenters. The molecule has 0 amide bonds. The summed E-state index contributed by atoms with van der Waals surface area (Å²) in [7, 11) is 1.67. The van der Waals surface area contributed by atoms with Gasteiger partial charge in [0.25, 0.3) is 0 Å². The lowest BCUT2D eigenvalue weighted by atomic mass is 10.2. The Kier molecular flexibility index (Phi) is 3.36. The van der Waals surface area contributed by atoms with Crippen LogP contribution in [0, 0.1) is 0 Å². The monoisotopic (exact) mass is 286 g/mol. The molecule has 0 N–H and O–H groups in total. The minimum absolute atomic E-state index is 0.188. The highest BCUT2D eigenvalue weighted by atomic mass is 35.5. The van der Waals surface area contributed by atoms with Crippen LogP contribution in [-0.4, -0.2) is 16.7 Å². The van der Waals surface area contributed by atoms with Crippen LogP contribution >= 0.6 is 11.6 Å². The van der Waals surface area contributed by atoms with Crippen LogP contribution in [0.4, 0.5) is 0 Å². The average molecular weight is 287 g/mol. The molecule has 1 heterocycles. The number of nitrogens with zero attached hydrogens (tertiary/aromatic N) is 2. The molecular weight excluding hydrogens is 272 g/mol. The van der Waals surface area contributed by atoms with Crippen LogP contribution in [0.3, 0.4) is 0 Å². The van der Waals surface area contributed by atoms with Gasteiger partial charge in [-0.25, -0.2) is 4.98 Å². The fraction of sp³-hybridized carbons (Fsp3) is 0.188. The van der Waals surface area contributed by atoms with Gasteiger partial charge in [-0.3, -0.25) is 4.57 Å². The van der Waals surface area contributed by atoms with Crippen LogP contribution in [0.5, 0.6) is 5.75 Å². The van der Waals surface area contributed by atoms with Crippen molar-refractivity contribution in [2.24, 2.45) is 0 Å². The summed E-state index contributed by atoms with van der Waals surface area (Å²) >= 11 is 6.30. The van der Waals surface area contributed by atoms with Crippen molar-refractivity contribution in [2.45, 2.75) is 12.3 Å². The summed E-state index contributed by atoms with van der Waals surface area (Å²) < 4.78 is 7.52. The van der Waals surface area contributed by atoms with E-state index in [0.717, 1.165) is 28.3 Å². The molecule has 3 nitrogen and oxygen atoms in total. The van der Waals surface area contributed by atoms with E-state index in [1.54, 1.807) is 7.11 Å². The van der Waals surface area contributed by atoms with E-state index in [9.17, 15) is 0 Å². The number of methoxy groups -OCH3 is 1. The van der Waals surface area contributed by atoms with Crippen molar-refractivity contribution in [3.63, 3.8) is 0 Å². The van der Waals surface area contributed by atoms with Gasteiger partial charge in [-0.2, -0.15) is 0 Å².